The maximum atomic E-state index is 12.4. The van der Waals surface area contributed by atoms with E-state index in [0.29, 0.717) is 5.56 Å². The van der Waals surface area contributed by atoms with Gasteiger partial charge in [-0.2, -0.15) is 0 Å². The number of rotatable bonds is 3. The summed E-state index contributed by atoms with van der Waals surface area (Å²) in [5.41, 5.74) is 2.75. The van der Waals surface area contributed by atoms with Crippen LogP contribution in [-0.4, -0.2) is 14.9 Å². The molecule has 0 bridgehead atoms. The van der Waals surface area contributed by atoms with Gasteiger partial charge in [-0.25, -0.2) is 0 Å². The standard InChI is InChI=1S/C16H20N2O3/c1-5-10-7-9(3)8-11(6-2)12(10)13-14(19)15(20)17-18(4)16(13)21/h7-8,19H,5-6H2,1-4H3,(H,17,20). The van der Waals surface area contributed by atoms with E-state index in [0.717, 1.165) is 34.2 Å². The van der Waals surface area contributed by atoms with Crippen LogP contribution in [0.3, 0.4) is 0 Å². The zero-order valence-electron chi connectivity index (χ0n) is 12.8. The first kappa shape index (κ1) is 15.1. The predicted molar refractivity (Wildman–Crippen MR) is 82.9 cm³/mol. The molecule has 0 saturated heterocycles. The van der Waals surface area contributed by atoms with Crippen molar-refractivity contribution < 1.29 is 5.11 Å². The Morgan fingerprint density at radius 1 is 1.10 bits per heavy atom. The van der Waals surface area contributed by atoms with E-state index in [4.69, 9.17) is 0 Å². The van der Waals surface area contributed by atoms with Gasteiger partial charge in [-0.3, -0.25) is 19.4 Å². The lowest BCUT2D eigenvalue weighted by Crippen LogP contribution is -2.29. The summed E-state index contributed by atoms with van der Waals surface area (Å²) in [5, 5.41) is 12.4. The highest BCUT2D eigenvalue weighted by molar-refractivity contribution is 5.75. The SMILES string of the molecule is CCc1cc(C)cc(CC)c1-c1c(O)c(=O)[nH]n(C)c1=O. The fourth-order valence-electron chi connectivity index (χ4n) is 2.68. The second kappa shape index (κ2) is 5.60. The van der Waals surface area contributed by atoms with Crippen molar-refractivity contribution in [3.05, 3.63) is 49.5 Å². The van der Waals surface area contributed by atoms with Gasteiger partial charge in [0.2, 0.25) is 0 Å². The molecule has 2 rings (SSSR count). The van der Waals surface area contributed by atoms with E-state index in [9.17, 15) is 14.7 Å². The van der Waals surface area contributed by atoms with Gasteiger partial charge in [-0.1, -0.05) is 31.5 Å². The third-order valence-corrected chi connectivity index (χ3v) is 3.70. The van der Waals surface area contributed by atoms with E-state index in [1.807, 2.05) is 32.9 Å². The van der Waals surface area contributed by atoms with Gasteiger partial charge in [0.05, 0.1) is 5.56 Å². The number of benzene rings is 1. The molecule has 112 valence electrons. The first-order chi connectivity index (χ1) is 9.90. The van der Waals surface area contributed by atoms with Crippen molar-refractivity contribution in [3.8, 4) is 16.9 Å². The summed E-state index contributed by atoms with van der Waals surface area (Å²) in [7, 11) is 1.47. The Kier molecular flexibility index (Phi) is 4.02. The number of H-pyrrole nitrogens is 1. The van der Waals surface area contributed by atoms with Crippen LogP contribution < -0.4 is 11.1 Å². The summed E-state index contributed by atoms with van der Waals surface area (Å²) in [6.07, 6.45) is 1.44. The molecule has 0 amide bonds. The fourth-order valence-corrected chi connectivity index (χ4v) is 2.68. The van der Waals surface area contributed by atoms with Gasteiger partial charge in [0.15, 0.2) is 5.75 Å². The summed E-state index contributed by atoms with van der Waals surface area (Å²) in [4.78, 5) is 24.2. The van der Waals surface area contributed by atoms with E-state index >= 15 is 0 Å². The summed E-state index contributed by atoms with van der Waals surface area (Å²) in [6.45, 7) is 5.98. The topological polar surface area (TPSA) is 75.1 Å². The van der Waals surface area contributed by atoms with Crippen LogP contribution in [0.2, 0.25) is 0 Å². The Labute approximate surface area is 122 Å². The second-order valence-corrected chi connectivity index (χ2v) is 5.19. The van der Waals surface area contributed by atoms with Crippen LogP contribution in [0, 0.1) is 6.92 Å². The molecule has 0 saturated carbocycles. The van der Waals surface area contributed by atoms with Crippen LogP contribution in [0.4, 0.5) is 0 Å². The summed E-state index contributed by atoms with van der Waals surface area (Å²) in [6, 6.07) is 3.99. The van der Waals surface area contributed by atoms with E-state index < -0.39 is 16.9 Å². The van der Waals surface area contributed by atoms with Gasteiger partial charge in [0.25, 0.3) is 5.56 Å². The second-order valence-electron chi connectivity index (χ2n) is 5.19. The predicted octanol–water partition coefficient (Wildman–Crippen LogP) is 1.88. The van der Waals surface area contributed by atoms with Crippen molar-refractivity contribution in [1.82, 2.24) is 9.78 Å². The molecule has 5 nitrogen and oxygen atoms in total. The Morgan fingerprint density at radius 3 is 2.10 bits per heavy atom. The first-order valence-electron chi connectivity index (χ1n) is 7.05. The van der Waals surface area contributed by atoms with Crippen molar-refractivity contribution in [2.24, 2.45) is 7.05 Å². The third kappa shape index (κ3) is 2.51. The molecule has 0 aliphatic heterocycles. The number of hydrogen-bond donors (Lipinski definition) is 2. The molecular formula is C16H20N2O3. The van der Waals surface area contributed by atoms with Gasteiger partial charge in [-0.05, 0) is 36.5 Å². The lowest BCUT2D eigenvalue weighted by molar-refractivity contribution is 0.459. The highest BCUT2D eigenvalue weighted by Gasteiger charge is 2.20. The Bertz CT molecular complexity index is 775. The van der Waals surface area contributed by atoms with Gasteiger partial charge >= 0.3 is 5.56 Å². The minimum atomic E-state index is -0.656. The van der Waals surface area contributed by atoms with Crippen LogP contribution in [0.5, 0.6) is 5.75 Å². The summed E-state index contributed by atoms with van der Waals surface area (Å²) in [5.74, 6) is -0.508. The normalized spacial score (nSPS) is 10.9. The van der Waals surface area contributed by atoms with Crippen molar-refractivity contribution in [2.75, 3.05) is 0 Å². The summed E-state index contributed by atoms with van der Waals surface area (Å²) >= 11 is 0. The lowest BCUT2D eigenvalue weighted by atomic mass is 9.90. The maximum Gasteiger partial charge on any atom is 0.305 e. The number of nitrogens with zero attached hydrogens (tertiary/aromatic N) is 1. The molecule has 1 heterocycles. The van der Waals surface area contributed by atoms with Crippen molar-refractivity contribution in [1.29, 1.82) is 0 Å². The number of nitrogens with one attached hydrogen (secondary N) is 1. The molecule has 21 heavy (non-hydrogen) atoms. The van der Waals surface area contributed by atoms with Crippen LogP contribution in [0.1, 0.15) is 30.5 Å². The molecule has 0 atom stereocenters. The quantitative estimate of drug-likeness (QED) is 0.905. The smallest absolute Gasteiger partial charge is 0.305 e. The molecule has 1 aromatic carbocycles. The molecule has 0 radical (unpaired) electrons. The fraction of sp³-hybridized carbons (Fsp3) is 0.375. The molecule has 0 aliphatic rings. The molecule has 0 fully saturated rings. The summed E-state index contributed by atoms with van der Waals surface area (Å²) < 4.78 is 1.11. The van der Waals surface area contributed by atoms with Gasteiger partial charge in [0, 0.05) is 7.05 Å². The molecule has 1 aromatic heterocycles. The average molecular weight is 288 g/mol. The van der Waals surface area contributed by atoms with E-state index in [2.05, 4.69) is 5.10 Å². The largest absolute Gasteiger partial charge is 0.502 e. The molecule has 0 unspecified atom stereocenters. The maximum absolute atomic E-state index is 12.4. The lowest BCUT2D eigenvalue weighted by Gasteiger charge is -2.15. The molecule has 2 aromatic rings. The minimum absolute atomic E-state index is 0.0925. The highest BCUT2D eigenvalue weighted by Crippen LogP contribution is 2.31. The van der Waals surface area contributed by atoms with E-state index in [-0.39, 0.29) is 5.56 Å². The van der Waals surface area contributed by atoms with E-state index in [1.165, 1.54) is 7.05 Å². The molecule has 0 aliphatic carbocycles. The molecule has 0 spiro atoms. The van der Waals surface area contributed by atoms with Gasteiger partial charge in [-0.15, -0.1) is 0 Å². The number of aromatic hydroxyl groups is 1. The zero-order valence-corrected chi connectivity index (χ0v) is 12.8. The van der Waals surface area contributed by atoms with Gasteiger partial charge < -0.3 is 5.11 Å². The minimum Gasteiger partial charge on any atom is -0.502 e. The molecular weight excluding hydrogens is 268 g/mol. The number of aryl methyl sites for hydroxylation is 4. The van der Waals surface area contributed by atoms with Crippen LogP contribution in [0.15, 0.2) is 21.7 Å². The third-order valence-electron chi connectivity index (χ3n) is 3.70. The molecule has 2 N–H and O–H groups in total. The van der Waals surface area contributed by atoms with Crippen molar-refractivity contribution in [3.63, 3.8) is 0 Å². The van der Waals surface area contributed by atoms with Crippen LogP contribution >= 0.6 is 0 Å². The number of aromatic amines is 1. The first-order valence-corrected chi connectivity index (χ1v) is 7.05. The molecule has 5 heteroatoms. The van der Waals surface area contributed by atoms with E-state index in [1.54, 1.807) is 0 Å². The van der Waals surface area contributed by atoms with Crippen LogP contribution in [-0.2, 0) is 19.9 Å². The van der Waals surface area contributed by atoms with Crippen molar-refractivity contribution in [2.45, 2.75) is 33.6 Å². The Balaban J connectivity index is 2.98. The Morgan fingerprint density at radius 2 is 1.62 bits per heavy atom. The average Bonchev–Trinajstić information content (AvgIpc) is 2.46. The van der Waals surface area contributed by atoms with Crippen LogP contribution in [0.25, 0.3) is 11.1 Å². The number of aromatic nitrogens is 2. The highest BCUT2D eigenvalue weighted by atomic mass is 16.3. The number of hydrogen-bond acceptors (Lipinski definition) is 3. The Hall–Kier alpha value is -2.30. The monoisotopic (exact) mass is 288 g/mol. The zero-order chi connectivity index (χ0) is 15.7. The van der Waals surface area contributed by atoms with Gasteiger partial charge in [0.1, 0.15) is 0 Å². The van der Waals surface area contributed by atoms with Crippen molar-refractivity contribution >= 4 is 0 Å².